The molecule has 0 radical (unpaired) electrons. The number of thioether (sulfide) groups is 1. The van der Waals surface area contributed by atoms with E-state index < -0.39 is 5.97 Å². The maximum Gasteiger partial charge on any atom is 0.304 e. The molecule has 0 saturated carbocycles. The average molecular weight is 191 g/mol. The van der Waals surface area contributed by atoms with Crippen LogP contribution >= 0.6 is 11.8 Å². The van der Waals surface area contributed by atoms with Crippen molar-refractivity contribution < 1.29 is 9.90 Å². The van der Waals surface area contributed by atoms with Crippen LogP contribution in [0, 0.1) is 0 Å². The number of carboxylic acid groups (broad SMARTS) is 1. The van der Waals surface area contributed by atoms with Crippen molar-refractivity contribution in [3.05, 3.63) is 0 Å². The summed E-state index contributed by atoms with van der Waals surface area (Å²) < 4.78 is 0. The quantitative estimate of drug-likeness (QED) is 0.683. The highest BCUT2D eigenvalue weighted by Crippen LogP contribution is 2.08. The van der Waals surface area contributed by atoms with Crippen LogP contribution in [-0.4, -0.2) is 48.1 Å². The second-order valence-corrected chi connectivity index (χ2v) is 3.98. The van der Waals surface area contributed by atoms with Gasteiger partial charge in [0.15, 0.2) is 0 Å². The first kappa shape index (κ1) is 11.8. The molecule has 1 unspecified atom stereocenters. The predicted octanol–water partition coefficient (Wildman–Crippen LogP) is 1.14. The van der Waals surface area contributed by atoms with Gasteiger partial charge < -0.3 is 10.0 Å². The first-order chi connectivity index (χ1) is 5.57. The molecule has 0 rings (SSSR count). The lowest BCUT2D eigenvalue weighted by Crippen LogP contribution is -2.30. The van der Waals surface area contributed by atoms with E-state index >= 15 is 0 Å². The molecule has 0 aliphatic heterocycles. The van der Waals surface area contributed by atoms with E-state index in [2.05, 4.69) is 0 Å². The minimum Gasteiger partial charge on any atom is -0.481 e. The highest BCUT2D eigenvalue weighted by Gasteiger charge is 2.14. The molecule has 1 N–H and O–H groups in total. The molecule has 0 bridgehead atoms. The lowest BCUT2D eigenvalue weighted by Gasteiger charge is -2.21. The van der Waals surface area contributed by atoms with Crippen molar-refractivity contribution in [2.45, 2.75) is 18.9 Å². The molecule has 0 aromatic rings. The summed E-state index contributed by atoms with van der Waals surface area (Å²) in [6, 6.07) is 0.176. The predicted molar refractivity (Wildman–Crippen MR) is 52.7 cm³/mol. The summed E-state index contributed by atoms with van der Waals surface area (Å²) in [7, 11) is 3.85. The number of aliphatic carboxylic acids is 1. The van der Waals surface area contributed by atoms with Gasteiger partial charge in [-0.1, -0.05) is 0 Å². The van der Waals surface area contributed by atoms with E-state index in [0.29, 0.717) is 0 Å². The number of hydrogen-bond donors (Lipinski definition) is 1. The summed E-state index contributed by atoms with van der Waals surface area (Å²) in [5, 5.41) is 8.60. The Balaban J connectivity index is 3.78. The zero-order chi connectivity index (χ0) is 9.56. The van der Waals surface area contributed by atoms with Gasteiger partial charge in [-0.3, -0.25) is 4.79 Å². The molecule has 0 aromatic heterocycles. The van der Waals surface area contributed by atoms with Crippen LogP contribution in [0.3, 0.4) is 0 Å². The topological polar surface area (TPSA) is 40.5 Å². The van der Waals surface area contributed by atoms with Gasteiger partial charge >= 0.3 is 5.97 Å². The zero-order valence-electron chi connectivity index (χ0n) is 7.91. The fourth-order valence-corrected chi connectivity index (χ4v) is 1.51. The SMILES string of the molecule is CSCCC(CC(=O)O)N(C)C. The Kier molecular flexibility index (Phi) is 6.20. The van der Waals surface area contributed by atoms with Crippen molar-refractivity contribution in [2.75, 3.05) is 26.1 Å². The molecule has 0 fully saturated rings. The molecule has 12 heavy (non-hydrogen) atoms. The minimum absolute atomic E-state index is 0.176. The van der Waals surface area contributed by atoms with E-state index in [1.165, 1.54) is 0 Å². The second kappa shape index (κ2) is 6.31. The van der Waals surface area contributed by atoms with Crippen LogP contribution < -0.4 is 0 Å². The van der Waals surface area contributed by atoms with E-state index in [0.717, 1.165) is 12.2 Å². The van der Waals surface area contributed by atoms with Gasteiger partial charge in [-0.15, -0.1) is 0 Å². The molecule has 4 heteroatoms. The Morgan fingerprint density at radius 3 is 2.50 bits per heavy atom. The monoisotopic (exact) mass is 191 g/mol. The summed E-state index contributed by atoms with van der Waals surface area (Å²) in [6.07, 6.45) is 3.22. The summed E-state index contributed by atoms with van der Waals surface area (Å²) in [4.78, 5) is 12.4. The fraction of sp³-hybridized carbons (Fsp3) is 0.875. The second-order valence-electron chi connectivity index (χ2n) is 3.00. The van der Waals surface area contributed by atoms with Crippen LogP contribution in [0.1, 0.15) is 12.8 Å². The van der Waals surface area contributed by atoms with Crippen LogP contribution in [0.4, 0.5) is 0 Å². The molecule has 72 valence electrons. The Morgan fingerprint density at radius 2 is 2.17 bits per heavy atom. The molecule has 0 amide bonds. The summed E-state index contributed by atoms with van der Waals surface area (Å²) in [6.45, 7) is 0. The molecule has 0 spiro atoms. The van der Waals surface area contributed by atoms with Gasteiger partial charge in [0, 0.05) is 6.04 Å². The average Bonchev–Trinajstić information content (AvgIpc) is 1.96. The molecule has 1 atom stereocenters. The van der Waals surface area contributed by atoms with Gasteiger partial charge in [0.25, 0.3) is 0 Å². The molecule has 0 aromatic carbocycles. The highest BCUT2D eigenvalue weighted by molar-refractivity contribution is 7.98. The van der Waals surface area contributed by atoms with Crippen molar-refractivity contribution in [1.29, 1.82) is 0 Å². The Bertz CT molecular complexity index is 139. The van der Waals surface area contributed by atoms with Crippen molar-refractivity contribution in [2.24, 2.45) is 0 Å². The number of hydrogen-bond acceptors (Lipinski definition) is 3. The van der Waals surface area contributed by atoms with Crippen LogP contribution in [0.25, 0.3) is 0 Å². The Hall–Kier alpha value is -0.220. The van der Waals surface area contributed by atoms with Crippen molar-refractivity contribution in [3.8, 4) is 0 Å². The van der Waals surface area contributed by atoms with E-state index in [-0.39, 0.29) is 12.5 Å². The largest absolute Gasteiger partial charge is 0.481 e. The lowest BCUT2D eigenvalue weighted by atomic mass is 10.1. The van der Waals surface area contributed by atoms with Crippen LogP contribution in [0.5, 0.6) is 0 Å². The van der Waals surface area contributed by atoms with E-state index in [1.807, 2.05) is 25.3 Å². The molecular weight excluding hydrogens is 174 g/mol. The molecular formula is C8H17NO2S. The van der Waals surface area contributed by atoms with Crippen molar-refractivity contribution in [3.63, 3.8) is 0 Å². The Labute approximate surface area is 78.1 Å². The van der Waals surface area contributed by atoms with Gasteiger partial charge in [-0.05, 0) is 32.5 Å². The number of carboxylic acids is 1. The summed E-state index contributed by atoms with van der Waals surface area (Å²) in [5.74, 6) is 0.311. The van der Waals surface area contributed by atoms with Crippen LogP contribution in [0.15, 0.2) is 0 Å². The lowest BCUT2D eigenvalue weighted by molar-refractivity contribution is -0.138. The highest BCUT2D eigenvalue weighted by atomic mass is 32.2. The molecule has 3 nitrogen and oxygen atoms in total. The summed E-state index contributed by atoms with van der Waals surface area (Å²) in [5.41, 5.74) is 0. The van der Waals surface area contributed by atoms with E-state index in [4.69, 9.17) is 5.11 Å². The van der Waals surface area contributed by atoms with Gasteiger partial charge in [0.2, 0.25) is 0 Å². The third-order valence-corrected chi connectivity index (χ3v) is 2.44. The number of carbonyl (C=O) groups is 1. The maximum atomic E-state index is 10.4. The smallest absolute Gasteiger partial charge is 0.304 e. The molecule has 0 aliphatic rings. The van der Waals surface area contributed by atoms with E-state index in [1.54, 1.807) is 11.8 Å². The maximum absolute atomic E-state index is 10.4. The van der Waals surface area contributed by atoms with Gasteiger partial charge in [0.1, 0.15) is 0 Å². The first-order valence-corrected chi connectivity index (χ1v) is 5.34. The molecule has 0 aliphatic carbocycles. The minimum atomic E-state index is -0.713. The fourth-order valence-electron chi connectivity index (χ4n) is 0.998. The Morgan fingerprint density at radius 1 is 1.58 bits per heavy atom. The van der Waals surface area contributed by atoms with Crippen molar-refractivity contribution >= 4 is 17.7 Å². The van der Waals surface area contributed by atoms with E-state index in [9.17, 15) is 4.79 Å². The van der Waals surface area contributed by atoms with Crippen LogP contribution in [-0.2, 0) is 4.79 Å². The first-order valence-electron chi connectivity index (χ1n) is 3.95. The van der Waals surface area contributed by atoms with Crippen LogP contribution in [0.2, 0.25) is 0 Å². The molecule has 0 heterocycles. The zero-order valence-corrected chi connectivity index (χ0v) is 8.73. The van der Waals surface area contributed by atoms with Gasteiger partial charge in [-0.2, -0.15) is 11.8 Å². The normalized spacial score (nSPS) is 13.3. The summed E-state index contributed by atoms with van der Waals surface area (Å²) >= 11 is 1.75. The number of nitrogens with zero attached hydrogens (tertiary/aromatic N) is 1. The number of rotatable bonds is 6. The molecule has 0 saturated heterocycles. The van der Waals surface area contributed by atoms with Crippen molar-refractivity contribution in [1.82, 2.24) is 4.90 Å². The third kappa shape index (κ3) is 5.43. The van der Waals surface area contributed by atoms with Gasteiger partial charge in [-0.25, -0.2) is 0 Å². The standard InChI is InChI=1S/C8H17NO2S/c1-9(2)7(4-5-12-3)6-8(10)11/h7H,4-6H2,1-3H3,(H,10,11). The van der Waals surface area contributed by atoms with Gasteiger partial charge in [0.05, 0.1) is 6.42 Å². The third-order valence-electron chi connectivity index (χ3n) is 1.80.